The zero-order chi connectivity index (χ0) is 31.8. The van der Waals surface area contributed by atoms with E-state index in [4.69, 9.17) is 18.7 Å². The lowest BCUT2D eigenvalue weighted by Crippen LogP contribution is -2.47. The van der Waals surface area contributed by atoms with E-state index >= 15 is 0 Å². The van der Waals surface area contributed by atoms with E-state index in [1.807, 2.05) is 27.7 Å². The molecule has 0 amide bonds. The number of nitrogens with zero attached hydrogens (tertiary/aromatic N) is 1. The highest BCUT2D eigenvalue weighted by atomic mass is 31.2. The van der Waals surface area contributed by atoms with E-state index in [1.54, 1.807) is 13.8 Å². The molecule has 16 heteroatoms. The maximum Gasteiger partial charge on any atom is 0.342 e. The van der Waals surface area contributed by atoms with Gasteiger partial charge < -0.3 is 28.9 Å². The molecule has 5 N–H and O–H groups in total. The Morgan fingerprint density at radius 2 is 1.57 bits per heavy atom. The Morgan fingerprint density at radius 1 is 1.07 bits per heavy atom. The lowest BCUT2D eigenvalue weighted by molar-refractivity contribution is -0.146. The molecule has 0 saturated carbocycles. The summed E-state index contributed by atoms with van der Waals surface area (Å²) in [6.45, 7) is 11.5. The minimum atomic E-state index is -4.32. The third kappa shape index (κ3) is 9.56. The number of hydrogen-bond acceptors (Lipinski definition) is 11. The highest BCUT2D eigenvalue weighted by molar-refractivity contribution is 7.54. The van der Waals surface area contributed by atoms with Gasteiger partial charge in [0, 0.05) is 12.3 Å². The van der Waals surface area contributed by atoms with Crippen LogP contribution in [-0.2, 0) is 32.9 Å². The fourth-order valence-corrected chi connectivity index (χ4v) is 6.34. The molecule has 0 aromatic carbocycles. The van der Waals surface area contributed by atoms with Gasteiger partial charge in [-0.2, -0.15) is 0 Å². The molecular formula is C26H45N4O11P. The van der Waals surface area contributed by atoms with Crippen LogP contribution < -0.4 is 21.4 Å². The van der Waals surface area contributed by atoms with Gasteiger partial charge in [-0.3, -0.25) is 28.5 Å². The molecule has 0 bridgehead atoms. The van der Waals surface area contributed by atoms with Crippen LogP contribution in [0.4, 0.5) is 0 Å². The van der Waals surface area contributed by atoms with Gasteiger partial charge in [0.1, 0.15) is 29.9 Å². The number of aromatic nitrogens is 2. The Balaban J connectivity index is 2.41. The molecule has 2 rings (SSSR count). The van der Waals surface area contributed by atoms with E-state index in [2.05, 4.69) is 15.2 Å². The Kier molecular flexibility index (Phi) is 13.1. The van der Waals surface area contributed by atoms with Gasteiger partial charge in [0.2, 0.25) is 0 Å². The number of H-pyrrole nitrogens is 1. The number of hydrogen-bond donors (Lipinski definition) is 5. The van der Waals surface area contributed by atoms with Gasteiger partial charge in [-0.1, -0.05) is 27.7 Å². The molecule has 1 aliphatic heterocycles. The lowest BCUT2D eigenvalue weighted by Gasteiger charge is -2.30. The van der Waals surface area contributed by atoms with E-state index in [9.17, 15) is 34.0 Å². The molecule has 1 aromatic rings. The van der Waals surface area contributed by atoms with Crippen molar-refractivity contribution in [3.8, 4) is 0 Å². The van der Waals surface area contributed by atoms with Crippen LogP contribution in [0.2, 0.25) is 0 Å². The summed E-state index contributed by atoms with van der Waals surface area (Å²) in [5.74, 6) is -1.40. The number of aromatic amines is 1. The Morgan fingerprint density at radius 3 is 2.00 bits per heavy atom. The predicted molar refractivity (Wildman–Crippen MR) is 151 cm³/mol. The molecule has 1 fully saturated rings. The topological polar surface area (TPSA) is 208 Å². The molecule has 0 radical (unpaired) electrons. The molecule has 6 atom stereocenters. The van der Waals surface area contributed by atoms with Crippen LogP contribution in [-0.4, -0.2) is 81.4 Å². The number of nitrogens with one attached hydrogen (secondary N) is 3. The van der Waals surface area contributed by atoms with Gasteiger partial charge in [-0.25, -0.2) is 15.0 Å². The molecular weight excluding hydrogens is 575 g/mol. The van der Waals surface area contributed by atoms with Crippen molar-refractivity contribution in [2.45, 2.75) is 97.4 Å². The summed E-state index contributed by atoms with van der Waals surface area (Å²) < 4.78 is 37.1. The van der Waals surface area contributed by atoms with Gasteiger partial charge in [0.05, 0.1) is 19.8 Å². The molecule has 0 aliphatic carbocycles. The Bertz CT molecular complexity index is 1180. The molecule has 0 spiro atoms. The van der Waals surface area contributed by atoms with Crippen LogP contribution in [0.25, 0.3) is 0 Å². The summed E-state index contributed by atoms with van der Waals surface area (Å²) in [6, 6.07) is -1.13. The zero-order valence-corrected chi connectivity index (χ0v) is 26.1. The summed E-state index contributed by atoms with van der Waals surface area (Å²) >= 11 is 0. The van der Waals surface area contributed by atoms with Crippen molar-refractivity contribution in [3.63, 3.8) is 0 Å². The average molecular weight is 621 g/mol. The van der Waals surface area contributed by atoms with Crippen LogP contribution in [0.15, 0.2) is 21.9 Å². The minimum Gasteiger partial charge on any atom is -0.465 e. The number of carbonyl (C=O) groups excluding carboxylic acids is 2. The van der Waals surface area contributed by atoms with Gasteiger partial charge in [0.25, 0.3) is 5.56 Å². The monoisotopic (exact) mass is 620 g/mol. The first-order chi connectivity index (χ1) is 19.5. The number of aliphatic hydroxyl groups is 2. The van der Waals surface area contributed by atoms with Crippen molar-refractivity contribution in [2.24, 2.45) is 11.8 Å². The smallest absolute Gasteiger partial charge is 0.342 e. The summed E-state index contributed by atoms with van der Waals surface area (Å²) in [5.41, 5.74) is -3.58. The number of rotatable bonds is 16. The van der Waals surface area contributed by atoms with Crippen molar-refractivity contribution < 1.29 is 43.1 Å². The quantitative estimate of drug-likeness (QED) is 0.128. The van der Waals surface area contributed by atoms with Gasteiger partial charge in [-0.15, -0.1) is 0 Å². The zero-order valence-electron chi connectivity index (χ0n) is 25.2. The fraction of sp³-hybridized carbons (Fsp3) is 0.769. The fourth-order valence-electron chi connectivity index (χ4n) is 4.52. The largest absolute Gasteiger partial charge is 0.465 e. The third-order valence-electron chi connectivity index (χ3n) is 6.49. The van der Waals surface area contributed by atoms with Gasteiger partial charge in [-0.05, 0) is 45.4 Å². The molecule has 1 aromatic heterocycles. The van der Waals surface area contributed by atoms with Crippen molar-refractivity contribution >= 4 is 19.6 Å². The second-order valence-electron chi connectivity index (χ2n) is 11.2. The SMILES string of the molecule is CCOC(=O)C(CC(C)C)NP(=O)(NC(CC(C)C)C(=O)OCC)OC[C@H]1O[C@H](n2ccc(=O)[nH]c2=O)C(C)(O)C1O. The second-order valence-corrected chi connectivity index (χ2v) is 13.1. The van der Waals surface area contributed by atoms with Crippen molar-refractivity contribution in [3.05, 3.63) is 33.1 Å². The summed E-state index contributed by atoms with van der Waals surface area (Å²) in [6.07, 6.45) is -2.85. The first kappa shape index (κ1) is 35.8. The van der Waals surface area contributed by atoms with Crippen molar-refractivity contribution in [1.82, 2.24) is 19.7 Å². The van der Waals surface area contributed by atoms with Crippen molar-refractivity contribution in [2.75, 3.05) is 19.8 Å². The normalized spacial score (nSPS) is 25.3. The van der Waals surface area contributed by atoms with Gasteiger partial charge in [0.15, 0.2) is 6.23 Å². The molecule has 15 nitrogen and oxygen atoms in total. The highest BCUT2D eigenvalue weighted by Gasteiger charge is 2.54. The minimum absolute atomic E-state index is 0.0247. The van der Waals surface area contributed by atoms with E-state index in [1.165, 1.54) is 6.92 Å². The molecule has 4 unspecified atom stereocenters. The summed E-state index contributed by atoms with van der Waals surface area (Å²) in [5, 5.41) is 27.3. The second kappa shape index (κ2) is 15.4. The number of ether oxygens (including phenoxy) is 3. The predicted octanol–water partition coefficient (Wildman–Crippen LogP) is 0.805. The average Bonchev–Trinajstić information content (AvgIpc) is 3.10. The van der Waals surface area contributed by atoms with Crippen LogP contribution in [0.3, 0.4) is 0 Å². The van der Waals surface area contributed by atoms with Crippen molar-refractivity contribution in [1.29, 1.82) is 0 Å². The molecule has 2 heterocycles. The number of esters is 2. The number of aliphatic hydroxyl groups excluding tert-OH is 1. The highest BCUT2D eigenvalue weighted by Crippen LogP contribution is 2.44. The summed E-state index contributed by atoms with van der Waals surface area (Å²) in [4.78, 5) is 51.4. The Labute approximate surface area is 244 Å². The van der Waals surface area contributed by atoms with E-state index < -0.39 is 73.6 Å². The van der Waals surface area contributed by atoms with Crippen LogP contribution in [0.5, 0.6) is 0 Å². The molecule has 1 saturated heterocycles. The Hall–Kier alpha value is -2.39. The first-order valence-corrected chi connectivity index (χ1v) is 15.7. The standard InChI is InChI=1S/C26H45N4O11P/c1-8-38-22(33)17(12-15(3)4)28-42(37,29-18(13-16(5)6)23(34)39-9-2)40-14-19-21(32)26(7,36)24(41-19)30-11-10-20(31)27-25(30)35/h10-11,15-19,21,24,32,36H,8-9,12-14H2,1-7H3,(H,27,31,35)(H2,28,29,37)/t17?,18?,19-,21?,24+,26?,42?/m1/s1. The third-order valence-corrected chi connectivity index (χ3v) is 8.30. The molecule has 240 valence electrons. The molecule has 42 heavy (non-hydrogen) atoms. The lowest BCUT2D eigenvalue weighted by atomic mass is 9.96. The number of carbonyl (C=O) groups is 2. The van der Waals surface area contributed by atoms with Crippen LogP contribution in [0, 0.1) is 11.8 Å². The van der Waals surface area contributed by atoms with Crippen LogP contribution in [0.1, 0.15) is 67.5 Å². The first-order valence-electron chi connectivity index (χ1n) is 14.0. The van der Waals surface area contributed by atoms with Crippen LogP contribution >= 0.6 is 7.67 Å². The van der Waals surface area contributed by atoms with E-state index in [0.29, 0.717) is 0 Å². The maximum atomic E-state index is 14.3. The maximum absolute atomic E-state index is 14.3. The summed E-state index contributed by atoms with van der Waals surface area (Å²) in [7, 11) is -4.32. The van der Waals surface area contributed by atoms with E-state index in [0.717, 1.165) is 16.8 Å². The van der Waals surface area contributed by atoms with E-state index in [-0.39, 0.29) is 37.9 Å². The van der Waals surface area contributed by atoms with Gasteiger partial charge >= 0.3 is 25.3 Å². The molecule has 1 aliphatic rings.